The normalized spacial score (nSPS) is 16.9. The van der Waals surface area contributed by atoms with Crippen LogP contribution < -0.4 is 15.0 Å². The van der Waals surface area contributed by atoms with Gasteiger partial charge in [0.2, 0.25) is 0 Å². The zero-order valence-corrected chi connectivity index (χ0v) is 14.8. The van der Waals surface area contributed by atoms with Gasteiger partial charge in [-0.2, -0.15) is 0 Å². The molecule has 6 heteroatoms. The number of ether oxygens (including phenoxy) is 1. The Morgan fingerprint density at radius 3 is 2.88 bits per heavy atom. The minimum absolute atomic E-state index is 0.0513. The van der Waals surface area contributed by atoms with Gasteiger partial charge in [-0.05, 0) is 30.2 Å². The van der Waals surface area contributed by atoms with Crippen LogP contribution in [0.5, 0.6) is 5.75 Å². The summed E-state index contributed by atoms with van der Waals surface area (Å²) in [5.74, 6) is 0.866. The van der Waals surface area contributed by atoms with Crippen LogP contribution in [0.3, 0.4) is 0 Å². The molecule has 3 heterocycles. The molecule has 1 N–H and O–H groups in total. The van der Waals surface area contributed by atoms with E-state index in [9.17, 15) is 4.79 Å². The van der Waals surface area contributed by atoms with Crippen molar-refractivity contribution in [2.24, 2.45) is 0 Å². The number of nitrogens with zero attached hydrogens (tertiary/aromatic N) is 3. The molecule has 0 bridgehead atoms. The number of amides is 2. The number of imidazole rings is 1. The van der Waals surface area contributed by atoms with E-state index in [1.54, 1.807) is 11.1 Å². The molecule has 1 saturated heterocycles. The van der Waals surface area contributed by atoms with E-state index in [0.29, 0.717) is 6.54 Å². The number of fused-ring (bicyclic) bond motifs is 1. The summed E-state index contributed by atoms with van der Waals surface area (Å²) in [6.45, 7) is 3.45. The van der Waals surface area contributed by atoms with E-state index in [2.05, 4.69) is 17.2 Å². The van der Waals surface area contributed by atoms with Gasteiger partial charge in [0.1, 0.15) is 11.4 Å². The van der Waals surface area contributed by atoms with Gasteiger partial charge >= 0.3 is 6.03 Å². The molecule has 0 radical (unpaired) electrons. The average molecular weight is 350 g/mol. The van der Waals surface area contributed by atoms with Crippen molar-refractivity contribution in [2.75, 3.05) is 18.1 Å². The van der Waals surface area contributed by atoms with Crippen LogP contribution in [0.1, 0.15) is 31.4 Å². The van der Waals surface area contributed by atoms with Crippen LogP contribution in [-0.2, 0) is 0 Å². The van der Waals surface area contributed by atoms with Crippen LogP contribution in [0.25, 0.3) is 5.65 Å². The molecule has 0 spiro atoms. The number of aromatic nitrogens is 2. The number of unbranched alkanes of at least 4 members (excludes halogenated alkanes) is 1. The van der Waals surface area contributed by atoms with Crippen molar-refractivity contribution in [3.05, 3.63) is 60.6 Å². The molecule has 2 aromatic heterocycles. The van der Waals surface area contributed by atoms with Crippen molar-refractivity contribution in [3.8, 4) is 5.75 Å². The predicted octanol–water partition coefficient (Wildman–Crippen LogP) is 3.78. The maximum atomic E-state index is 12.4. The van der Waals surface area contributed by atoms with Gasteiger partial charge in [-0.15, -0.1) is 0 Å². The van der Waals surface area contributed by atoms with Gasteiger partial charge in [0.15, 0.2) is 0 Å². The summed E-state index contributed by atoms with van der Waals surface area (Å²) in [5, 5.41) is 2.94. The molecule has 6 nitrogen and oxygen atoms in total. The van der Waals surface area contributed by atoms with Crippen molar-refractivity contribution < 1.29 is 9.53 Å². The number of carbonyl (C=O) groups excluding carboxylic acids is 1. The summed E-state index contributed by atoms with van der Waals surface area (Å²) in [5.41, 5.74) is 2.74. The van der Waals surface area contributed by atoms with Crippen LogP contribution in [-0.4, -0.2) is 28.6 Å². The first-order valence-electron chi connectivity index (χ1n) is 8.99. The Kier molecular flexibility index (Phi) is 4.48. The van der Waals surface area contributed by atoms with E-state index in [1.807, 2.05) is 53.2 Å². The maximum Gasteiger partial charge on any atom is 0.322 e. The fourth-order valence-electron chi connectivity index (χ4n) is 3.24. The van der Waals surface area contributed by atoms with Crippen molar-refractivity contribution in [1.82, 2.24) is 14.7 Å². The second-order valence-corrected chi connectivity index (χ2v) is 6.42. The fraction of sp³-hybridized carbons (Fsp3) is 0.300. The van der Waals surface area contributed by atoms with Gasteiger partial charge in [0, 0.05) is 31.2 Å². The lowest BCUT2D eigenvalue weighted by Gasteiger charge is -2.23. The zero-order valence-electron chi connectivity index (χ0n) is 14.8. The fourth-order valence-corrected chi connectivity index (χ4v) is 3.24. The Hall–Kier alpha value is -3.02. The lowest BCUT2D eigenvalue weighted by molar-refractivity contribution is 0.251. The van der Waals surface area contributed by atoms with Gasteiger partial charge in [0.05, 0.1) is 18.3 Å². The third-order valence-electron chi connectivity index (χ3n) is 4.67. The quantitative estimate of drug-likeness (QED) is 0.688. The Bertz CT molecular complexity index is 904. The van der Waals surface area contributed by atoms with Crippen molar-refractivity contribution in [3.63, 3.8) is 0 Å². The van der Waals surface area contributed by atoms with Crippen molar-refractivity contribution in [1.29, 1.82) is 0 Å². The Balaban J connectivity index is 1.57. The predicted molar refractivity (Wildman–Crippen MR) is 101 cm³/mol. The van der Waals surface area contributed by atoms with E-state index < -0.39 is 0 Å². The second kappa shape index (κ2) is 7.07. The van der Waals surface area contributed by atoms with Gasteiger partial charge in [0.25, 0.3) is 0 Å². The molecular weight excluding hydrogens is 328 g/mol. The molecule has 1 aliphatic heterocycles. The highest BCUT2D eigenvalue weighted by atomic mass is 16.5. The number of benzene rings is 1. The van der Waals surface area contributed by atoms with Crippen molar-refractivity contribution in [2.45, 2.75) is 25.8 Å². The summed E-state index contributed by atoms with van der Waals surface area (Å²) in [6.07, 6.45) is 7.72. The lowest BCUT2D eigenvalue weighted by atomic mass is 10.1. The average Bonchev–Trinajstić information content (AvgIpc) is 3.28. The highest BCUT2D eigenvalue weighted by molar-refractivity contribution is 5.95. The van der Waals surface area contributed by atoms with Crippen LogP contribution in [0, 0.1) is 0 Å². The summed E-state index contributed by atoms with van der Waals surface area (Å²) in [6, 6.07) is 11.8. The highest BCUT2D eigenvalue weighted by Gasteiger charge is 2.33. The lowest BCUT2D eigenvalue weighted by Crippen LogP contribution is -2.29. The van der Waals surface area contributed by atoms with Gasteiger partial charge in [-0.3, -0.25) is 4.90 Å². The molecule has 1 aliphatic rings. The van der Waals surface area contributed by atoms with Crippen LogP contribution >= 0.6 is 0 Å². The van der Waals surface area contributed by atoms with E-state index >= 15 is 0 Å². The van der Waals surface area contributed by atoms with Gasteiger partial charge in [-0.25, -0.2) is 9.78 Å². The minimum Gasteiger partial charge on any atom is -0.494 e. The highest BCUT2D eigenvalue weighted by Crippen LogP contribution is 2.31. The van der Waals surface area contributed by atoms with Crippen LogP contribution in [0.15, 0.2) is 55.0 Å². The van der Waals surface area contributed by atoms with Gasteiger partial charge in [-0.1, -0.05) is 25.5 Å². The Morgan fingerprint density at radius 1 is 1.23 bits per heavy atom. The first-order valence-corrected chi connectivity index (χ1v) is 8.99. The Morgan fingerprint density at radius 2 is 2.08 bits per heavy atom. The number of pyridine rings is 1. The van der Waals surface area contributed by atoms with Crippen LogP contribution in [0.4, 0.5) is 10.5 Å². The van der Waals surface area contributed by atoms with Crippen LogP contribution in [0.2, 0.25) is 0 Å². The number of nitrogens with one attached hydrogen (secondary N) is 1. The molecule has 1 fully saturated rings. The van der Waals surface area contributed by atoms with Crippen molar-refractivity contribution >= 4 is 17.4 Å². The van der Waals surface area contributed by atoms with Gasteiger partial charge < -0.3 is 14.5 Å². The minimum atomic E-state index is -0.0887. The zero-order chi connectivity index (χ0) is 17.9. The standard InChI is InChI=1S/C20H22N4O2/c1-2-3-12-26-17-6-4-15(5-7-17)18-14-22-20(25)24(18)16-8-10-23-11-9-21-19(23)13-16/h4-11,13,18H,2-3,12,14H2,1H3,(H,22,25). The number of anilines is 1. The maximum absolute atomic E-state index is 12.4. The first-order chi connectivity index (χ1) is 12.8. The summed E-state index contributed by atoms with van der Waals surface area (Å²) >= 11 is 0. The van der Waals surface area contributed by atoms with E-state index in [-0.39, 0.29) is 12.1 Å². The molecule has 3 aromatic rings. The third kappa shape index (κ3) is 3.10. The van der Waals surface area contributed by atoms with E-state index in [0.717, 1.165) is 42.1 Å². The molecule has 0 aliphatic carbocycles. The number of hydrogen-bond acceptors (Lipinski definition) is 3. The molecule has 1 aromatic carbocycles. The summed E-state index contributed by atoms with van der Waals surface area (Å²) in [7, 11) is 0. The molecular formula is C20H22N4O2. The molecule has 1 atom stereocenters. The molecule has 1 unspecified atom stereocenters. The topological polar surface area (TPSA) is 58.9 Å². The Labute approximate surface area is 152 Å². The molecule has 26 heavy (non-hydrogen) atoms. The molecule has 2 amide bonds. The van der Waals surface area contributed by atoms with E-state index in [1.165, 1.54) is 0 Å². The smallest absolute Gasteiger partial charge is 0.322 e. The second-order valence-electron chi connectivity index (χ2n) is 6.42. The van der Waals surface area contributed by atoms with E-state index in [4.69, 9.17) is 4.74 Å². The number of rotatable bonds is 6. The number of hydrogen-bond donors (Lipinski definition) is 1. The summed E-state index contributed by atoms with van der Waals surface area (Å²) < 4.78 is 7.65. The molecule has 4 rings (SSSR count). The number of urea groups is 1. The third-order valence-corrected chi connectivity index (χ3v) is 4.67. The molecule has 134 valence electrons. The monoisotopic (exact) mass is 350 g/mol. The largest absolute Gasteiger partial charge is 0.494 e. The molecule has 0 saturated carbocycles. The SMILES string of the molecule is CCCCOc1ccc(C2CNC(=O)N2c2ccn3ccnc3c2)cc1. The first kappa shape index (κ1) is 16.4. The summed E-state index contributed by atoms with van der Waals surface area (Å²) in [4.78, 5) is 18.5. The number of carbonyl (C=O) groups is 1.